The van der Waals surface area contributed by atoms with Gasteiger partial charge in [-0.3, -0.25) is 4.98 Å². The third-order valence-corrected chi connectivity index (χ3v) is 2.88. The predicted octanol–water partition coefficient (Wildman–Crippen LogP) is 2.39. The number of nitrogens with zero attached hydrogens (tertiary/aromatic N) is 3. The summed E-state index contributed by atoms with van der Waals surface area (Å²) in [5.41, 5.74) is 1.90. The number of aryl methyl sites for hydroxylation is 1. The molecule has 102 valence electrons. The van der Waals surface area contributed by atoms with Gasteiger partial charge in [0.2, 0.25) is 11.7 Å². The van der Waals surface area contributed by atoms with Crippen LogP contribution in [0.4, 0.5) is 0 Å². The Bertz CT molecular complexity index is 537. The highest BCUT2D eigenvalue weighted by molar-refractivity contribution is 5.57. The molecule has 2 rings (SSSR count). The Balaban J connectivity index is 2.09. The first-order chi connectivity index (χ1) is 9.06. The molecule has 0 bridgehead atoms. The average Bonchev–Trinajstić information content (AvgIpc) is 2.76. The average molecular weight is 261 g/mol. The Labute approximate surface area is 112 Å². The van der Waals surface area contributed by atoms with E-state index in [-0.39, 0.29) is 0 Å². The zero-order valence-electron chi connectivity index (χ0n) is 11.5. The smallest absolute Gasteiger partial charge is 0.229 e. The first-order valence-electron chi connectivity index (χ1n) is 6.48. The molecule has 0 fully saturated rings. The molecule has 0 saturated heterocycles. The number of hydrogen-bond donors (Lipinski definition) is 1. The van der Waals surface area contributed by atoms with Gasteiger partial charge in [-0.25, -0.2) is 0 Å². The lowest BCUT2D eigenvalue weighted by atomic mass is 10.0. The number of aliphatic hydroxyl groups is 1. The second-order valence-corrected chi connectivity index (χ2v) is 5.19. The molecule has 0 aliphatic heterocycles. The molecule has 0 spiro atoms. The quantitative estimate of drug-likeness (QED) is 0.894. The number of aromatic nitrogens is 3. The Morgan fingerprint density at radius 3 is 2.84 bits per heavy atom. The van der Waals surface area contributed by atoms with Crippen LogP contribution in [0.3, 0.4) is 0 Å². The van der Waals surface area contributed by atoms with E-state index in [2.05, 4.69) is 29.0 Å². The van der Waals surface area contributed by atoms with Crippen LogP contribution in [0.2, 0.25) is 0 Å². The molecule has 0 amide bonds. The Kier molecular flexibility index (Phi) is 4.27. The van der Waals surface area contributed by atoms with Crippen LogP contribution < -0.4 is 0 Å². The van der Waals surface area contributed by atoms with Crippen molar-refractivity contribution in [3.8, 4) is 11.4 Å². The zero-order valence-corrected chi connectivity index (χ0v) is 11.5. The fourth-order valence-electron chi connectivity index (χ4n) is 2.00. The topological polar surface area (TPSA) is 72.0 Å². The zero-order chi connectivity index (χ0) is 13.8. The Morgan fingerprint density at radius 2 is 2.16 bits per heavy atom. The molecule has 1 unspecified atom stereocenters. The molecule has 0 aliphatic rings. The summed E-state index contributed by atoms with van der Waals surface area (Å²) in [6.45, 7) is 6.09. The first-order valence-corrected chi connectivity index (χ1v) is 6.48. The molecular formula is C14H19N3O2. The summed E-state index contributed by atoms with van der Waals surface area (Å²) in [4.78, 5) is 8.36. The van der Waals surface area contributed by atoms with Gasteiger partial charge in [0.05, 0.1) is 12.5 Å². The summed E-state index contributed by atoms with van der Waals surface area (Å²) in [5.74, 6) is 1.46. The van der Waals surface area contributed by atoms with E-state index in [4.69, 9.17) is 4.52 Å². The summed E-state index contributed by atoms with van der Waals surface area (Å²) in [5, 5.41) is 13.8. The van der Waals surface area contributed by atoms with Gasteiger partial charge >= 0.3 is 0 Å². The monoisotopic (exact) mass is 261 g/mol. The van der Waals surface area contributed by atoms with Crippen molar-refractivity contribution in [3.05, 3.63) is 29.9 Å². The molecule has 5 nitrogen and oxygen atoms in total. The highest BCUT2D eigenvalue weighted by Crippen LogP contribution is 2.19. The van der Waals surface area contributed by atoms with E-state index in [1.54, 1.807) is 12.4 Å². The van der Waals surface area contributed by atoms with Crippen molar-refractivity contribution in [2.24, 2.45) is 5.92 Å². The standard InChI is InChI=1S/C14H19N3O2/c1-9(2)6-11(18)7-13-16-14(17-19-13)12-4-5-15-8-10(12)3/h4-5,8-9,11,18H,6-7H2,1-3H3. The van der Waals surface area contributed by atoms with Gasteiger partial charge in [0, 0.05) is 18.0 Å². The van der Waals surface area contributed by atoms with Crippen molar-refractivity contribution in [2.75, 3.05) is 0 Å². The number of aliphatic hydroxyl groups excluding tert-OH is 1. The maximum absolute atomic E-state index is 9.87. The van der Waals surface area contributed by atoms with E-state index in [1.807, 2.05) is 13.0 Å². The van der Waals surface area contributed by atoms with Crippen molar-refractivity contribution in [1.82, 2.24) is 15.1 Å². The normalized spacial score (nSPS) is 12.9. The molecule has 2 aromatic heterocycles. The van der Waals surface area contributed by atoms with E-state index in [9.17, 15) is 5.11 Å². The summed E-state index contributed by atoms with van der Waals surface area (Å²) >= 11 is 0. The van der Waals surface area contributed by atoms with E-state index >= 15 is 0 Å². The van der Waals surface area contributed by atoms with Crippen LogP contribution in [0, 0.1) is 12.8 Å². The minimum absolute atomic E-state index is 0.398. The second-order valence-electron chi connectivity index (χ2n) is 5.19. The van der Waals surface area contributed by atoms with Crippen LogP contribution in [-0.4, -0.2) is 26.3 Å². The molecular weight excluding hydrogens is 242 g/mol. The summed E-state index contributed by atoms with van der Waals surface area (Å²) in [6.07, 6.45) is 4.15. The van der Waals surface area contributed by atoms with Crippen molar-refractivity contribution < 1.29 is 9.63 Å². The van der Waals surface area contributed by atoms with E-state index in [0.717, 1.165) is 17.5 Å². The Morgan fingerprint density at radius 1 is 1.37 bits per heavy atom. The summed E-state index contributed by atoms with van der Waals surface area (Å²) in [7, 11) is 0. The van der Waals surface area contributed by atoms with Crippen molar-refractivity contribution in [2.45, 2.75) is 39.7 Å². The van der Waals surface area contributed by atoms with Gasteiger partial charge in [0.1, 0.15) is 0 Å². The second kappa shape index (κ2) is 5.93. The summed E-state index contributed by atoms with van der Waals surface area (Å²) in [6, 6.07) is 1.86. The summed E-state index contributed by atoms with van der Waals surface area (Å²) < 4.78 is 5.18. The van der Waals surface area contributed by atoms with Crippen LogP contribution in [0.25, 0.3) is 11.4 Å². The van der Waals surface area contributed by atoms with Gasteiger partial charge in [-0.2, -0.15) is 4.98 Å². The molecule has 5 heteroatoms. The van der Waals surface area contributed by atoms with Crippen LogP contribution in [-0.2, 0) is 6.42 Å². The van der Waals surface area contributed by atoms with E-state index in [1.165, 1.54) is 0 Å². The largest absolute Gasteiger partial charge is 0.393 e. The molecule has 2 heterocycles. The fraction of sp³-hybridized carbons (Fsp3) is 0.500. The minimum atomic E-state index is -0.438. The molecule has 1 atom stereocenters. The SMILES string of the molecule is Cc1cnccc1-c1noc(CC(O)CC(C)C)n1. The van der Waals surface area contributed by atoms with Gasteiger partial charge in [-0.05, 0) is 30.9 Å². The third kappa shape index (κ3) is 3.61. The van der Waals surface area contributed by atoms with E-state index < -0.39 is 6.10 Å². The van der Waals surface area contributed by atoms with Gasteiger partial charge in [-0.1, -0.05) is 19.0 Å². The van der Waals surface area contributed by atoms with Crippen LogP contribution in [0.5, 0.6) is 0 Å². The maximum Gasteiger partial charge on any atom is 0.229 e. The lowest BCUT2D eigenvalue weighted by molar-refractivity contribution is 0.138. The maximum atomic E-state index is 9.87. The Hall–Kier alpha value is -1.75. The van der Waals surface area contributed by atoms with Gasteiger partial charge in [0.15, 0.2) is 0 Å². The van der Waals surface area contributed by atoms with Crippen LogP contribution >= 0.6 is 0 Å². The lowest BCUT2D eigenvalue weighted by Gasteiger charge is -2.09. The molecule has 1 N–H and O–H groups in total. The third-order valence-electron chi connectivity index (χ3n) is 2.88. The van der Waals surface area contributed by atoms with Crippen LogP contribution in [0.15, 0.2) is 23.0 Å². The highest BCUT2D eigenvalue weighted by Gasteiger charge is 2.15. The molecule has 0 aromatic carbocycles. The van der Waals surface area contributed by atoms with Crippen LogP contribution in [0.1, 0.15) is 31.7 Å². The predicted molar refractivity (Wildman–Crippen MR) is 71.4 cm³/mol. The van der Waals surface area contributed by atoms with Crippen molar-refractivity contribution in [1.29, 1.82) is 0 Å². The number of pyridine rings is 1. The number of hydrogen-bond acceptors (Lipinski definition) is 5. The van der Waals surface area contributed by atoms with Gasteiger partial charge < -0.3 is 9.63 Å². The molecule has 2 aromatic rings. The van der Waals surface area contributed by atoms with Crippen molar-refractivity contribution in [3.63, 3.8) is 0 Å². The molecule has 19 heavy (non-hydrogen) atoms. The molecule has 0 saturated carbocycles. The van der Waals surface area contributed by atoms with Crippen molar-refractivity contribution >= 4 is 0 Å². The molecule has 0 radical (unpaired) electrons. The molecule has 0 aliphatic carbocycles. The minimum Gasteiger partial charge on any atom is -0.393 e. The van der Waals surface area contributed by atoms with Gasteiger partial charge in [0.25, 0.3) is 0 Å². The highest BCUT2D eigenvalue weighted by atomic mass is 16.5. The number of rotatable bonds is 5. The first kappa shape index (κ1) is 13.7. The van der Waals surface area contributed by atoms with Gasteiger partial charge in [-0.15, -0.1) is 0 Å². The fourth-order valence-corrected chi connectivity index (χ4v) is 2.00. The lowest BCUT2D eigenvalue weighted by Crippen LogP contribution is -2.13. The van der Waals surface area contributed by atoms with E-state index in [0.29, 0.717) is 24.1 Å².